The second kappa shape index (κ2) is 8.48. The number of anilines is 2. The molecular formula is C22H26N6O4S. The lowest BCUT2D eigenvalue weighted by atomic mass is 9.85. The van der Waals surface area contributed by atoms with Crippen LogP contribution in [0.15, 0.2) is 40.2 Å². The molecule has 33 heavy (non-hydrogen) atoms. The molecule has 2 aliphatic rings. The number of fused-ring (bicyclic) bond motifs is 2. The molecule has 11 heteroatoms. The Hall–Kier alpha value is -2.88. The lowest BCUT2D eigenvalue weighted by Crippen LogP contribution is -2.24. The molecular weight excluding hydrogens is 444 g/mol. The zero-order valence-corrected chi connectivity index (χ0v) is 18.8. The van der Waals surface area contributed by atoms with Crippen molar-refractivity contribution in [2.45, 2.75) is 43.2 Å². The number of aromatic nitrogens is 3. The number of rotatable bonds is 5. The Labute approximate surface area is 191 Å². The molecule has 10 nitrogen and oxygen atoms in total. The van der Waals surface area contributed by atoms with Crippen molar-refractivity contribution in [1.29, 1.82) is 5.26 Å². The average Bonchev–Trinajstić information content (AvgIpc) is 3.29. The van der Waals surface area contributed by atoms with Crippen molar-refractivity contribution in [3.05, 3.63) is 46.4 Å². The van der Waals surface area contributed by atoms with Gasteiger partial charge in [-0.1, -0.05) is 12.8 Å². The number of β-amino-alcohol motifs (C(OH)–C–C–N with tert-alkyl or cyclic N) is 1. The van der Waals surface area contributed by atoms with Crippen LogP contribution in [-0.4, -0.2) is 46.4 Å². The molecule has 0 radical (unpaired) electrons. The molecule has 0 spiro atoms. The monoisotopic (exact) mass is 470 g/mol. The normalized spacial score (nSPS) is 23.2. The summed E-state index contributed by atoms with van der Waals surface area (Å²) in [5.74, 6) is 0.238. The Bertz CT molecular complexity index is 1300. The zero-order chi connectivity index (χ0) is 23.2. The molecule has 2 atom stereocenters. The predicted molar refractivity (Wildman–Crippen MR) is 125 cm³/mol. The number of aliphatic hydroxyl groups is 1. The number of nitrogens with zero attached hydrogens (tertiary/aromatic N) is 4. The van der Waals surface area contributed by atoms with Crippen molar-refractivity contribution < 1.29 is 14.2 Å². The second-order valence-corrected chi connectivity index (χ2v) is 10.5. The van der Waals surface area contributed by atoms with Crippen molar-refractivity contribution in [1.82, 2.24) is 19.1 Å². The maximum absolute atomic E-state index is 12.7. The van der Waals surface area contributed by atoms with E-state index in [9.17, 15) is 24.3 Å². The van der Waals surface area contributed by atoms with Gasteiger partial charge < -0.3 is 15.4 Å². The van der Waals surface area contributed by atoms with Crippen molar-refractivity contribution in [3.8, 4) is 6.07 Å². The summed E-state index contributed by atoms with van der Waals surface area (Å²) in [6.45, 7) is 0.285. The number of pyridine rings is 1. The minimum Gasteiger partial charge on any atom is -0.395 e. The van der Waals surface area contributed by atoms with Crippen LogP contribution in [0.1, 0.15) is 37.3 Å². The molecule has 3 heterocycles. The summed E-state index contributed by atoms with van der Waals surface area (Å²) in [4.78, 5) is 15.9. The molecule has 1 fully saturated rings. The topological polar surface area (TPSA) is 150 Å². The van der Waals surface area contributed by atoms with Gasteiger partial charge in [-0.15, -0.1) is 10.8 Å². The number of hydrogen-bond donors (Lipinski definition) is 5. The number of aliphatic hydroxyl groups excluding tert-OH is 1. The van der Waals surface area contributed by atoms with Gasteiger partial charge >= 0.3 is 0 Å². The van der Waals surface area contributed by atoms with Gasteiger partial charge in [-0.3, -0.25) is 18.6 Å². The van der Waals surface area contributed by atoms with Crippen molar-refractivity contribution in [2.24, 2.45) is 5.92 Å². The first-order valence-electron chi connectivity index (χ1n) is 11.0. The van der Waals surface area contributed by atoms with E-state index in [1.54, 1.807) is 18.3 Å². The van der Waals surface area contributed by atoms with Gasteiger partial charge in [0, 0.05) is 25.0 Å². The SMILES string of the molecule is N#CC1CCCCC1n1nc(Nc2ccc3c(c2)CN(CCO)S3(O)O)c2c(=O)[nH]ccc21. The fourth-order valence-electron chi connectivity index (χ4n) is 4.92. The maximum atomic E-state index is 12.7. The molecule has 5 rings (SSSR count). The van der Waals surface area contributed by atoms with E-state index < -0.39 is 10.8 Å². The summed E-state index contributed by atoms with van der Waals surface area (Å²) in [5.41, 5.74) is 1.81. The van der Waals surface area contributed by atoms with Crippen LogP contribution in [0.2, 0.25) is 0 Å². The smallest absolute Gasteiger partial charge is 0.261 e. The number of aromatic amines is 1. The average molecular weight is 471 g/mol. The van der Waals surface area contributed by atoms with Gasteiger partial charge in [0.05, 0.1) is 35.0 Å². The van der Waals surface area contributed by atoms with Crippen LogP contribution < -0.4 is 10.9 Å². The van der Waals surface area contributed by atoms with Crippen LogP contribution >= 0.6 is 10.8 Å². The molecule has 5 N–H and O–H groups in total. The number of nitriles is 1. The predicted octanol–water partition coefficient (Wildman–Crippen LogP) is 3.56. The van der Waals surface area contributed by atoms with E-state index in [0.29, 0.717) is 33.8 Å². The summed E-state index contributed by atoms with van der Waals surface area (Å²) in [7, 11) is -3.12. The van der Waals surface area contributed by atoms with Crippen LogP contribution in [-0.2, 0) is 6.54 Å². The fourth-order valence-corrected chi connectivity index (χ4v) is 6.58. The van der Waals surface area contributed by atoms with E-state index in [4.69, 9.17) is 5.10 Å². The lowest BCUT2D eigenvalue weighted by Gasteiger charge is -2.36. The highest BCUT2D eigenvalue weighted by atomic mass is 32.3. The highest BCUT2D eigenvalue weighted by Gasteiger charge is 2.35. The lowest BCUT2D eigenvalue weighted by molar-refractivity contribution is 0.244. The van der Waals surface area contributed by atoms with Crippen molar-refractivity contribution in [3.63, 3.8) is 0 Å². The summed E-state index contributed by atoms with van der Waals surface area (Å²) in [6.07, 6.45) is 5.26. The third-order valence-electron chi connectivity index (χ3n) is 6.51. The molecule has 2 aromatic heterocycles. The van der Waals surface area contributed by atoms with E-state index in [0.717, 1.165) is 31.2 Å². The van der Waals surface area contributed by atoms with Crippen LogP contribution in [0.5, 0.6) is 0 Å². The quantitative estimate of drug-likeness (QED) is 0.380. The van der Waals surface area contributed by atoms with E-state index in [1.165, 1.54) is 4.31 Å². The molecule has 2 unspecified atom stereocenters. The third-order valence-corrected chi connectivity index (χ3v) is 8.53. The first-order valence-corrected chi connectivity index (χ1v) is 12.5. The van der Waals surface area contributed by atoms with Gasteiger partial charge in [-0.05, 0) is 42.7 Å². The zero-order valence-electron chi connectivity index (χ0n) is 17.9. The summed E-state index contributed by atoms with van der Waals surface area (Å²) in [6, 6.07) is 9.30. The Morgan fingerprint density at radius 1 is 1.27 bits per heavy atom. The molecule has 174 valence electrons. The number of hydrogen-bond acceptors (Lipinski definition) is 8. The molecule has 0 amide bonds. The Morgan fingerprint density at radius 3 is 2.88 bits per heavy atom. The van der Waals surface area contributed by atoms with Crippen molar-refractivity contribution in [2.75, 3.05) is 18.5 Å². The van der Waals surface area contributed by atoms with E-state index in [-0.39, 0.29) is 30.7 Å². The molecule has 0 saturated heterocycles. The standard InChI is InChI=1S/C22H26N6O4S/c23-12-14-3-1-2-4-17(14)28-18-7-8-24-22(30)20(18)21(26-28)25-16-5-6-19-15(11-16)13-27(9-10-29)33(19,31)32/h5-8,11,14,17,29,31-32H,1-4,9-10,13H2,(H,24,30)(H,25,26). The van der Waals surface area contributed by atoms with Crippen LogP contribution in [0.25, 0.3) is 10.9 Å². The molecule has 0 bridgehead atoms. The molecule has 1 aromatic carbocycles. The van der Waals surface area contributed by atoms with E-state index in [1.807, 2.05) is 16.8 Å². The number of benzene rings is 1. The van der Waals surface area contributed by atoms with Gasteiger partial charge in [0.25, 0.3) is 5.56 Å². The summed E-state index contributed by atoms with van der Waals surface area (Å²) < 4.78 is 24.3. The Kier molecular flexibility index (Phi) is 5.64. The Balaban J connectivity index is 1.53. The highest BCUT2D eigenvalue weighted by Crippen LogP contribution is 2.58. The molecule has 3 aromatic rings. The van der Waals surface area contributed by atoms with Gasteiger partial charge in [0.15, 0.2) is 5.82 Å². The molecule has 1 saturated carbocycles. The largest absolute Gasteiger partial charge is 0.395 e. The first kappa shape index (κ1) is 21.9. The highest BCUT2D eigenvalue weighted by molar-refractivity contribution is 8.22. The molecule has 1 aliphatic carbocycles. The number of nitrogens with one attached hydrogen (secondary N) is 2. The minimum atomic E-state index is -3.12. The first-order chi connectivity index (χ1) is 15.9. The van der Waals surface area contributed by atoms with Crippen molar-refractivity contribution >= 4 is 33.2 Å². The van der Waals surface area contributed by atoms with E-state index in [2.05, 4.69) is 16.4 Å². The second-order valence-electron chi connectivity index (χ2n) is 8.50. The maximum Gasteiger partial charge on any atom is 0.261 e. The van der Waals surface area contributed by atoms with Crippen LogP contribution in [0.3, 0.4) is 0 Å². The minimum absolute atomic E-state index is 0.0938. The number of H-pyrrole nitrogens is 1. The fraction of sp³-hybridized carbons (Fsp3) is 0.409. The Morgan fingerprint density at radius 2 is 2.09 bits per heavy atom. The van der Waals surface area contributed by atoms with Gasteiger partial charge in [0.1, 0.15) is 5.39 Å². The third kappa shape index (κ3) is 3.70. The summed E-state index contributed by atoms with van der Waals surface area (Å²) >= 11 is 0. The summed E-state index contributed by atoms with van der Waals surface area (Å²) in [5, 5.41) is 27.3. The molecule has 1 aliphatic heterocycles. The van der Waals surface area contributed by atoms with Gasteiger partial charge in [-0.2, -0.15) is 14.7 Å². The van der Waals surface area contributed by atoms with Gasteiger partial charge in [0.2, 0.25) is 0 Å². The van der Waals surface area contributed by atoms with E-state index >= 15 is 0 Å². The van der Waals surface area contributed by atoms with Gasteiger partial charge in [-0.25, -0.2) is 0 Å². The van der Waals surface area contributed by atoms with Crippen LogP contribution in [0.4, 0.5) is 11.5 Å². The van der Waals surface area contributed by atoms with Crippen LogP contribution in [0, 0.1) is 17.2 Å².